The van der Waals surface area contributed by atoms with Gasteiger partial charge in [-0.05, 0) is 35.9 Å². The zero-order chi connectivity index (χ0) is 22.9. The number of amides is 2. The van der Waals surface area contributed by atoms with Gasteiger partial charge in [0.2, 0.25) is 5.91 Å². The summed E-state index contributed by atoms with van der Waals surface area (Å²) in [6, 6.07) is 20.4. The van der Waals surface area contributed by atoms with E-state index in [2.05, 4.69) is 15.4 Å². The van der Waals surface area contributed by atoms with Crippen molar-refractivity contribution in [2.45, 2.75) is 19.5 Å². The Labute approximate surface area is 189 Å². The third-order valence-electron chi connectivity index (χ3n) is 4.55. The SMILES string of the molecule is O=C(CCNC(=O)c1ccccc1Cl)Nc1ccc(OC(F)F)c(Cc2ccccc2)c1. The molecule has 0 atom stereocenters. The molecule has 2 N–H and O–H groups in total. The van der Waals surface area contributed by atoms with Crippen molar-refractivity contribution in [2.24, 2.45) is 0 Å². The molecule has 0 unspecified atom stereocenters. The molecule has 0 saturated heterocycles. The Bertz CT molecular complexity index is 1080. The molecule has 2 amide bonds. The van der Waals surface area contributed by atoms with Gasteiger partial charge in [0.25, 0.3) is 5.91 Å². The number of carbonyl (C=O) groups excluding carboxylic acids is 2. The number of nitrogens with one attached hydrogen (secondary N) is 2. The fourth-order valence-corrected chi connectivity index (χ4v) is 3.30. The molecule has 0 aliphatic heterocycles. The van der Waals surface area contributed by atoms with E-state index in [9.17, 15) is 18.4 Å². The number of rotatable bonds is 9. The molecule has 166 valence electrons. The fraction of sp³-hybridized carbons (Fsp3) is 0.167. The minimum atomic E-state index is -2.95. The lowest BCUT2D eigenvalue weighted by Crippen LogP contribution is -2.27. The fourth-order valence-electron chi connectivity index (χ4n) is 3.08. The number of hydrogen-bond acceptors (Lipinski definition) is 3. The average molecular weight is 459 g/mol. The highest BCUT2D eigenvalue weighted by atomic mass is 35.5. The highest BCUT2D eigenvalue weighted by Gasteiger charge is 2.13. The van der Waals surface area contributed by atoms with Gasteiger partial charge in [0.15, 0.2) is 0 Å². The summed E-state index contributed by atoms with van der Waals surface area (Å²) in [5.41, 5.74) is 2.20. The Morgan fingerprint density at radius 3 is 2.41 bits per heavy atom. The van der Waals surface area contributed by atoms with Gasteiger partial charge in [0.1, 0.15) is 5.75 Å². The lowest BCUT2D eigenvalue weighted by molar-refractivity contribution is -0.116. The number of benzene rings is 3. The van der Waals surface area contributed by atoms with E-state index in [-0.39, 0.29) is 30.5 Å². The maximum atomic E-state index is 12.8. The van der Waals surface area contributed by atoms with Crippen molar-refractivity contribution < 1.29 is 23.1 Å². The van der Waals surface area contributed by atoms with Gasteiger partial charge < -0.3 is 15.4 Å². The van der Waals surface area contributed by atoms with Gasteiger partial charge in [-0.2, -0.15) is 8.78 Å². The first-order chi connectivity index (χ1) is 15.4. The molecule has 0 aromatic heterocycles. The Morgan fingerprint density at radius 1 is 0.969 bits per heavy atom. The molecule has 0 heterocycles. The van der Waals surface area contributed by atoms with Crippen LogP contribution in [0.1, 0.15) is 27.9 Å². The summed E-state index contributed by atoms with van der Waals surface area (Å²) in [7, 11) is 0. The summed E-state index contributed by atoms with van der Waals surface area (Å²) in [5, 5.41) is 5.68. The Hall–Kier alpha value is -3.45. The van der Waals surface area contributed by atoms with Gasteiger partial charge in [-0.3, -0.25) is 9.59 Å². The first-order valence-corrected chi connectivity index (χ1v) is 10.2. The Kier molecular flexibility index (Phi) is 8.16. The Morgan fingerprint density at radius 2 is 1.69 bits per heavy atom. The van der Waals surface area contributed by atoms with Crippen molar-refractivity contribution in [3.63, 3.8) is 0 Å². The van der Waals surface area contributed by atoms with Crippen LogP contribution in [-0.2, 0) is 11.2 Å². The second kappa shape index (κ2) is 11.2. The first kappa shape index (κ1) is 23.2. The second-order valence-electron chi connectivity index (χ2n) is 6.90. The standard InChI is InChI=1S/C24H21ClF2N2O3/c25-20-9-5-4-8-19(20)23(31)28-13-12-22(30)29-18-10-11-21(32-24(26)27)17(15-18)14-16-6-2-1-3-7-16/h1-11,15,24H,12-14H2,(H,28,31)(H,29,30). The van der Waals surface area contributed by atoms with E-state index < -0.39 is 6.61 Å². The van der Waals surface area contributed by atoms with Crippen LogP contribution in [0.2, 0.25) is 5.02 Å². The van der Waals surface area contributed by atoms with E-state index in [0.717, 1.165) is 5.56 Å². The average Bonchev–Trinajstić information content (AvgIpc) is 2.76. The number of carbonyl (C=O) groups is 2. The molecule has 0 aliphatic carbocycles. The van der Waals surface area contributed by atoms with Crippen LogP contribution in [-0.4, -0.2) is 25.0 Å². The summed E-state index contributed by atoms with van der Waals surface area (Å²) in [5.74, 6) is -0.659. The third-order valence-corrected chi connectivity index (χ3v) is 4.88. The van der Waals surface area contributed by atoms with Crippen LogP contribution in [0.15, 0.2) is 72.8 Å². The van der Waals surface area contributed by atoms with Crippen LogP contribution in [0.5, 0.6) is 5.75 Å². The lowest BCUT2D eigenvalue weighted by atomic mass is 10.0. The summed E-state index contributed by atoms with van der Waals surface area (Å²) >= 11 is 5.99. The zero-order valence-electron chi connectivity index (χ0n) is 17.0. The Balaban J connectivity index is 1.60. The quantitative estimate of drug-likeness (QED) is 0.458. The molecule has 5 nitrogen and oxygen atoms in total. The van der Waals surface area contributed by atoms with Gasteiger partial charge in [-0.15, -0.1) is 0 Å². The number of halogens is 3. The van der Waals surface area contributed by atoms with Gasteiger partial charge in [-0.25, -0.2) is 0 Å². The van der Waals surface area contributed by atoms with E-state index in [1.54, 1.807) is 30.3 Å². The second-order valence-corrected chi connectivity index (χ2v) is 7.30. The minimum Gasteiger partial charge on any atom is -0.435 e. The van der Waals surface area contributed by atoms with Crippen LogP contribution in [0, 0.1) is 0 Å². The predicted octanol–water partition coefficient (Wildman–Crippen LogP) is 5.29. The topological polar surface area (TPSA) is 67.4 Å². The molecular formula is C24H21ClF2N2O3. The van der Waals surface area contributed by atoms with Gasteiger partial charge >= 0.3 is 6.61 Å². The monoisotopic (exact) mass is 458 g/mol. The minimum absolute atomic E-state index is 0.0273. The highest BCUT2D eigenvalue weighted by molar-refractivity contribution is 6.33. The van der Waals surface area contributed by atoms with E-state index in [1.165, 1.54) is 12.1 Å². The summed E-state index contributed by atoms with van der Waals surface area (Å²) in [6.07, 6.45) is 0.389. The molecule has 8 heteroatoms. The number of hydrogen-bond donors (Lipinski definition) is 2. The molecule has 0 fully saturated rings. The normalized spacial score (nSPS) is 10.6. The molecule has 3 rings (SSSR count). The molecule has 32 heavy (non-hydrogen) atoms. The number of anilines is 1. The van der Waals surface area contributed by atoms with Gasteiger partial charge in [0, 0.05) is 30.6 Å². The molecule has 0 aliphatic rings. The highest BCUT2D eigenvalue weighted by Crippen LogP contribution is 2.27. The molecule has 0 saturated carbocycles. The van der Waals surface area contributed by atoms with Crippen LogP contribution in [0.4, 0.5) is 14.5 Å². The lowest BCUT2D eigenvalue weighted by Gasteiger charge is -2.14. The van der Waals surface area contributed by atoms with Crippen molar-refractivity contribution in [1.82, 2.24) is 5.32 Å². The van der Waals surface area contributed by atoms with Crippen molar-refractivity contribution in [2.75, 3.05) is 11.9 Å². The maximum absolute atomic E-state index is 12.8. The molecule has 3 aromatic carbocycles. The first-order valence-electron chi connectivity index (χ1n) is 9.86. The van der Waals surface area contributed by atoms with Gasteiger partial charge in [-0.1, -0.05) is 54.1 Å². The van der Waals surface area contributed by atoms with E-state index in [0.29, 0.717) is 28.3 Å². The van der Waals surface area contributed by atoms with Crippen molar-refractivity contribution in [1.29, 1.82) is 0 Å². The van der Waals surface area contributed by atoms with Crippen molar-refractivity contribution in [3.05, 3.63) is 94.5 Å². The number of ether oxygens (including phenoxy) is 1. The summed E-state index contributed by atoms with van der Waals surface area (Å²) in [4.78, 5) is 24.4. The van der Waals surface area contributed by atoms with Crippen LogP contribution < -0.4 is 15.4 Å². The van der Waals surface area contributed by atoms with Crippen molar-refractivity contribution >= 4 is 29.1 Å². The van der Waals surface area contributed by atoms with E-state index >= 15 is 0 Å². The largest absolute Gasteiger partial charge is 0.435 e. The van der Waals surface area contributed by atoms with E-state index in [4.69, 9.17) is 11.6 Å². The van der Waals surface area contributed by atoms with Crippen molar-refractivity contribution in [3.8, 4) is 5.75 Å². The molecule has 0 bridgehead atoms. The number of alkyl halides is 2. The van der Waals surface area contributed by atoms with Crippen LogP contribution >= 0.6 is 11.6 Å². The zero-order valence-corrected chi connectivity index (χ0v) is 17.7. The molecule has 0 radical (unpaired) electrons. The predicted molar refractivity (Wildman–Crippen MR) is 119 cm³/mol. The van der Waals surface area contributed by atoms with Gasteiger partial charge in [0.05, 0.1) is 10.6 Å². The summed E-state index contributed by atoms with van der Waals surface area (Å²) in [6.45, 7) is -2.84. The summed E-state index contributed by atoms with van der Waals surface area (Å²) < 4.78 is 30.2. The molecule has 0 spiro atoms. The molecule has 3 aromatic rings. The van der Waals surface area contributed by atoms with Crippen LogP contribution in [0.25, 0.3) is 0 Å². The smallest absolute Gasteiger partial charge is 0.387 e. The third kappa shape index (κ3) is 6.78. The van der Waals surface area contributed by atoms with E-state index in [1.807, 2.05) is 30.3 Å². The van der Waals surface area contributed by atoms with Crippen LogP contribution in [0.3, 0.4) is 0 Å². The molecular weight excluding hydrogens is 438 g/mol. The maximum Gasteiger partial charge on any atom is 0.387 e.